The van der Waals surface area contributed by atoms with Gasteiger partial charge in [0, 0.05) is 58.5 Å². The smallest absolute Gasteiger partial charge is 0.254 e. The Morgan fingerprint density at radius 1 is 1.00 bits per heavy atom. The van der Waals surface area contributed by atoms with E-state index in [4.69, 9.17) is 0 Å². The van der Waals surface area contributed by atoms with Crippen molar-refractivity contribution in [2.24, 2.45) is 0 Å². The first-order valence-electron chi connectivity index (χ1n) is 12.3. The molecule has 0 unspecified atom stereocenters. The second-order valence-corrected chi connectivity index (χ2v) is 12.0. The molecular weight excluding hydrogens is 580 g/mol. The molecule has 1 fully saturated rings. The molecule has 2 heterocycles. The van der Waals surface area contributed by atoms with Crippen LogP contribution in [-0.2, 0) is 4.79 Å². The Morgan fingerprint density at radius 2 is 1.74 bits per heavy atom. The minimum atomic E-state index is -0.0606. The number of aromatic nitrogens is 1. The van der Waals surface area contributed by atoms with Gasteiger partial charge in [-0.3, -0.25) is 9.59 Å². The molecule has 1 aliphatic heterocycles. The van der Waals surface area contributed by atoms with E-state index in [1.54, 1.807) is 11.3 Å². The molecule has 0 bridgehead atoms. The predicted molar refractivity (Wildman–Crippen MR) is 160 cm³/mol. The van der Waals surface area contributed by atoms with Gasteiger partial charge in [0.2, 0.25) is 5.91 Å². The maximum absolute atomic E-state index is 12.8. The van der Waals surface area contributed by atoms with E-state index in [2.05, 4.69) is 62.3 Å². The summed E-state index contributed by atoms with van der Waals surface area (Å²) < 4.78 is 1.78. The minimum absolute atomic E-state index is 0.0606. The van der Waals surface area contributed by atoms with Crippen molar-refractivity contribution in [2.75, 3.05) is 42.1 Å². The molecule has 0 radical (unpaired) electrons. The molecule has 6 nitrogen and oxygen atoms in total. The highest BCUT2D eigenvalue weighted by atomic mass is 79.9. The fraction of sp³-hybridized carbons (Fsp3) is 0.207. The fourth-order valence-corrected chi connectivity index (χ4v) is 6.27. The van der Waals surface area contributed by atoms with Crippen LogP contribution in [0.5, 0.6) is 0 Å². The molecule has 1 N–H and O–H groups in total. The van der Waals surface area contributed by atoms with Gasteiger partial charge < -0.3 is 15.1 Å². The molecule has 1 aromatic heterocycles. The van der Waals surface area contributed by atoms with Crippen molar-refractivity contribution in [1.29, 1.82) is 0 Å². The first-order chi connectivity index (χ1) is 18.4. The lowest BCUT2D eigenvalue weighted by atomic mass is 10.1. The Hall–Kier alpha value is -3.14. The molecular formula is C29H27BrN4O2S2. The average Bonchev–Trinajstić information content (AvgIpc) is 3.42. The van der Waals surface area contributed by atoms with Crippen LogP contribution in [-0.4, -0.2) is 53.6 Å². The maximum atomic E-state index is 12.8. The molecule has 5 rings (SSSR count). The first kappa shape index (κ1) is 26.5. The largest absolute Gasteiger partial charge is 0.368 e. The summed E-state index contributed by atoms with van der Waals surface area (Å²) in [4.78, 5) is 34.1. The standard InChI is InChI=1S/C29H27BrN4O2S2/c1-20-5-7-21(8-6-20)26-18-37-29(32-26)38-19-27(35)31-24-9-11-25(12-10-24)33-13-15-34(16-14-33)28(36)22-3-2-4-23(30)17-22/h2-12,17-18H,13-16,19H2,1H3,(H,31,35). The number of carbonyl (C=O) groups excluding carboxylic acids is 2. The maximum Gasteiger partial charge on any atom is 0.254 e. The third-order valence-corrected chi connectivity index (χ3v) is 8.83. The van der Waals surface area contributed by atoms with Crippen LogP contribution in [0.3, 0.4) is 0 Å². The monoisotopic (exact) mass is 606 g/mol. The van der Waals surface area contributed by atoms with E-state index in [0.717, 1.165) is 44.5 Å². The van der Waals surface area contributed by atoms with Gasteiger partial charge in [-0.2, -0.15) is 0 Å². The number of halogens is 1. The summed E-state index contributed by atoms with van der Waals surface area (Å²) in [7, 11) is 0. The van der Waals surface area contributed by atoms with Gasteiger partial charge in [-0.1, -0.05) is 63.6 Å². The third kappa shape index (κ3) is 6.64. The molecule has 0 aliphatic carbocycles. The van der Waals surface area contributed by atoms with Gasteiger partial charge in [0.25, 0.3) is 5.91 Å². The zero-order valence-corrected chi connectivity index (χ0v) is 24.1. The van der Waals surface area contributed by atoms with Gasteiger partial charge >= 0.3 is 0 Å². The fourth-order valence-electron chi connectivity index (χ4n) is 4.23. The van der Waals surface area contributed by atoms with Crippen molar-refractivity contribution in [1.82, 2.24) is 9.88 Å². The molecule has 3 aromatic carbocycles. The molecule has 4 aromatic rings. The molecule has 38 heavy (non-hydrogen) atoms. The number of anilines is 2. The predicted octanol–water partition coefficient (Wildman–Crippen LogP) is 6.57. The van der Waals surface area contributed by atoms with Crippen LogP contribution in [0.15, 0.2) is 87.0 Å². The lowest BCUT2D eigenvalue weighted by Gasteiger charge is -2.36. The number of thiazole rings is 1. The van der Waals surface area contributed by atoms with Crippen molar-refractivity contribution >= 4 is 62.2 Å². The molecule has 1 saturated heterocycles. The van der Waals surface area contributed by atoms with Crippen molar-refractivity contribution in [3.63, 3.8) is 0 Å². The molecule has 0 spiro atoms. The molecule has 194 valence electrons. The van der Waals surface area contributed by atoms with Gasteiger partial charge in [-0.05, 0) is 49.4 Å². The molecule has 1 aliphatic rings. The molecule has 2 amide bonds. The quantitative estimate of drug-likeness (QED) is 0.241. The van der Waals surface area contributed by atoms with E-state index >= 15 is 0 Å². The molecule has 9 heteroatoms. The van der Waals surface area contributed by atoms with Crippen LogP contribution in [0.1, 0.15) is 15.9 Å². The zero-order valence-electron chi connectivity index (χ0n) is 20.9. The number of carbonyl (C=O) groups is 2. The van der Waals surface area contributed by atoms with Crippen LogP contribution in [0.4, 0.5) is 11.4 Å². The van der Waals surface area contributed by atoms with E-state index in [-0.39, 0.29) is 11.8 Å². The van der Waals surface area contributed by atoms with Crippen molar-refractivity contribution in [3.05, 3.63) is 93.8 Å². The third-order valence-electron chi connectivity index (χ3n) is 6.31. The average molecular weight is 608 g/mol. The highest BCUT2D eigenvalue weighted by Gasteiger charge is 2.22. The summed E-state index contributed by atoms with van der Waals surface area (Å²) in [6.45, 7) is 4.93. The lowest BCUT2D eigenvalue weighted by Crippen LogP contribution is -2.48. The Kier molecular flexibility index (Phi) is 8.46. The molecule has 0 atom stereocenters. The van der Waals surface area contributed by atoms with Crippen LogP contribution < -0.4 is 10.2 Å². The zero-order chi connectivity index (χ0) is 26.5. The van der Waals surface area contributed by atoms with E-state index in [0.29, 0.717) is 24.4 Å². The number of aryl methyl sites for hydroxylation is 1. The summed E-state index contributed by atoms with van der Waals surface area (Å²) in [5.41, 5.74) is 5.79. The topological polar surface area (TPSA) is 65.5 Å². The number of hydrogen-bond acceptors (Lipinski definition) is 6. The van der Waals surface area contributed by atoms with Gasteiger partial charge in [-0.25, -0.2) is 4.98 Å². The summed E-state index contributed by atoms with van der Waals surface area (Å²) in [6, 6.07) is 23.7. The Morgan fingerprint density at radius 3 is 2.45 bits per heavy atom. The van der Waals surface area contributed by atoms with Gasteiger partial charge in [-0.15, -0.1) is 11.3 Å². The number of piperazine rings is 1. The summed E-state index contributed by atoms with van der Waals surface area (Å²) in [5.74, 6) is 0.303. The second-order valence-electron chi connectivity index (χ2n) is 9.04. The van der Waals surface area contributed by atoms with Crippen molar-refractivity contribution in [2.45, 2.75) is 11.3 Å². The summed E-state index contributed by atoms with van der Waals surface area (Å²) >= 11 is 6.44. The van der Waals surface area contributed by atoms with E-state index < -0.39 is 0 Å². The summed E-state index contributed by atoms with van der Waals surface area (Å²) in [5, 5.41) is 5.00. The van der Waals surface area contributed by atoms with Crippen molar-refractivity contribution in [3.8, 4) is 11.3 Å². The normalized spacial score (nSPS) is 13.4. The number of amides is 2. The number of hydrogen-bond donors (Lipinski definition) is 1. The number of nitrogens with one attached hydrogen (secondary N) is 1. The number of nitrogens with zero attached hydrogens (tertiary/aromatic N) is 3. The van der Waals surface area contributed by atoms with Crippen LogP contribution in [0.25, 0.3) is 11.3 Å². The number of benzene rings is 3. The van der Waals surface area contributed by atoms with Crippen LogP contribution >= 0.6 is 39.0 Å². The minimum Gasteiger partial charge on any atom is -0.368 e. The van der Waals surface area contributed by atoms with E-state index in [1.165, 1.54) is 17.3 Å². The highest BCUT2D eigenvalue weighted by Crippen LogP contribution is 2.29. The Labute approximate surface area is 239 Å². The van der Waals surface area contributed by atoms with Crippen LogP contribution in [0, 0.1) is 6.92 Å². The summed E-state index contributed by atoms with van der Waals surface area (Å²) in [6.07, 6.45) is 0. The van der Waals surface area contributed by atoms with E-state index in [9.17, 15) is 9.59 Å². The second kappa shape index (κ2) is 12.1. The van der Waals surface area contributed by atoms with Gasteiger partial charge in [0.05, 0.1) is 11.4 Å². The van der Waals surface area contributed by atoms with Crippen molar-refractivity contribution < 1.29 is 9.59 Å². The Balaban J connectivity index is 1.09. The van der Waals surface area contributed by atoms with E-state index in [1.807, 2.05) is 58.8 Å². The number of rotatable bonds is 7. The highest BCUT2D eigenvalue weighted by molar-refractivity contribution is 9.10. The van der Waals surface area contributed by atoms with Gasteiger partial charge in [0.1, 0.15) is 0 Å². The van der Waals surface area contributed by atoms with Gasteiger partial charge in [0.15, 0.2) is 4.34 Å². The first-order valence-corrected chi connectivity index (χ1v) is 15.0. The molecule has 0 saturated carbocycles. The SMILES string of the molecule is Cc1ccc(-c2csc(SCC(=O)Nc3ccc(N4CCN(C(=O)c5cccc(Br)c5)CC4)cc3)n2)cc1. The Bertz CT molecular complexity index is 1420. The number of thioether (sulfide) groups is 1. The van der Waals surface area contributed by atoms with Crippen LogP contribution in [0.2, 0.25) is 0 Å². The lowest BCUT2D eigenvalue weighted by molar-refractivity contribution is -0.113.